The third-order valence-electron chi connectivity index (χ3n) is 6.08. The van der Waals surface area contributed by atoms with Crippen LogP contribution in [0.5, 0.6) is 0 Å². The molecule has 1 saturated heterocycles. The predicted molar refractivity (Wildman–Crippen MR) is 76.6 cm³/mol. The van der Waals surface area contributed by atoms with Gasteiger partial charge in [0.2, 0.25) is 0 Å². The van der Waals surface area contributed by atoms with Crippen LogP contribution in [0.3, 0.4) is 0 Å². The maximum absolute atomic E-state index is 10.5. The van der Waals surface area contributed by atoms with E-state index in [2.05, 4.69) is 32.6 Å². The van der Waals surface area contributed by atoms with Crippen molar-refractivity contribution in [2.24, 2.45) is 10.8 Å². The molecule has 0 spiro atoms. The lowest BCUT2D eigenvalue weighted by Gasteiger charge is -2.44. The summed E-state index contributed by atoms with van der Waals surface area (Å²) >= 11 is 0. The first-order valence-electron chi connectivity index (χ1n) is 7.86. The molecule has 1 heterocycles. The molecule has 0 aromatic heterocycles. The topological polar surface area (TPSA) is 23.5 Å². The third kappa shape index (κ3) is 2.46. The van der Waals surface area contributed by atoms with E-state index in [0.29, 0.717) is 11.5 Å². The quantitative estimate of drug-likeness (QED) is 0.833. The van der Waals surface area contributed by atoms with E-state index >= 15 is 0 Å². The fraction of sp³-hybridized carbons (Fsp3) is 1.00. The summed E-state index contributed by atoms with van der Waals surface area (Å²) in [7, 11) is 0. The number of aliphatic hydroxyl groups excluding tert-OH is 1. The van der Waals surface area contributed by atoms with Crippen LogP contribution < -0.4 is 0 Å². The van der Waals surface area contributed by atoms with Crippen LogP contribution in [-0.2, 0) is 0 Å². The van der Waals surface area contributed by atoms with Crippen LogP contribution in [0.1, 0.15) is 66.2 Å². The minimum absolute atomic E-state index is 0.120. The molecule has 1 saturated carbocycles. The van der Waals surface area contributed by atoms with E-state index in [1.807, 2.05) is 0 Å². The van der Waals surface area contributed by atoms with Crippen molar-refractivity contribution < 1.29 is 5.11 Å². The lowest BCUT2D eigenvalue weighted by atomic mass is 9.74. The Hall–Kier alpha value is -0.0800. The summed E-state index contributed by atoms with van der Waals surface area (Å²) in [6, 6.07) is 0.423. The van der Waals surface area contributed by atoms with Crippen LogP contribution in [-0.4, -0.2) is 35.2 Å². The zero-order chi connectivity index (χ0) is 13.4. The highest BCUT2D eigenvalue weighted by Crippen LogP contribution is 2.43. The van der Waals surface area contributed by atoms with Gasteiger partial charge >= 0.3 is 0 Å². The van der Waals surface area contributed by atoms with Gasteiger partial charge in [-0.05, 0) is 49.6 Å². The number of piperidine rings is 1. The molecule has 2 nitrogen and oxygen atoms in total. The number of rotatable bonds is 3. The summed E-state index contributed by atoms with van der Waals surface area (Å²) in [6.45, 7) is 11.5. The first kappa shape index (κ1) is 14.3. The monoisotopic (exact) mass is 253 g/mol. The Morgan fingerprint density at radius 2 is 1.61 bits per heavy atom. The van der Waals surface area contributed by atoms with Gasteiger partial charge in [-0.2, -0.15) is 0 Å². The van der Waals surface area contributed by atoms with Gasteiger partial charge in [0.05, 0.1) is 6.10 Å². The first-order chi connectivity index (χ1) is 8.44. The maximum Gasteiger partial charge on any atom is 0.0746 e. The minimum Gasteiger partial charge on any atom is -0.391 e. The van der Waals surface area contributed by atoms with Gasteiger partial charge in [-0.15, -0.1) is 0 Å². The summed E-state index contributed by atoms with van der Waals surface area (Å²) in [6.07, 6.45) is 7.49. The molecule has 106 valence electrons. The van der Waals surface area contributed by atoms with Crippen molar-refractivity contribution in [2.45, 2.75) is 78.4 Å². The van der Waals surface area contributed by atoms with Gasteiger partial charge in [-0.3, -0.25) is 4.90 Å². The van der Waals surface area contributed by atoms with E-state index in [4.69, 9.17) is 0 Å². The summed E-state index contributed by atoms with van der Waals surface area (Å²) < 4.78 is 0. The second kappa shape index (κ2) is 5.13. The molecule has 1 N–H and O–H groups in total. The highest BCUT2D eigenvalue weighted by atomic mass is 16.3. The molecular formula is C16H31NO. The number of nitrogens with zero attached hydrogens (tertiary/aromatic N) is 1. The summed E-state index contributed by atoms with van der Waals surface area (Å²) in [5, 5.41) is 10.5. The molecule has 0 bridgehead atoms. The molecule has 2 fully saturated rings. The number of hydrogen-bond acceptors (Lipinski definition) is 2. The lowest BCUT2D eigenvalue weighted by molar-refractivity contribution is -0.0118. The number of likely N-dealkylation sites (tertiary alicyclic amines) is 1. The van der Waals surface area contributed by atoms with Gasteiger partial charge in [0.15, 0.2) is 0 Å². The predicted octanol–water partition coefficient (Wildman–Crippen LogP) is 3.44. The van der Waals surface area contributed by atoms with Crippen molar-refractivity contribution in [2.75, 3.05) is 13.1 Å². The van der Waals surface area contributed by atoms with E-state index in [1.165, 1.54) is 51.6 Å². The van der Waals surface area contributed by atoms with Crippen LogP contribution >= 0.6 is 0 Å². The van der Waals surface area contributed by atoms with Crippen LogP contribution in [0, 0.1) is 10.8 Å². The number of hydrogen-bond donors (Lipinski definition) is 1. The fourth-order valence-corrected chi connectivity index (χ4v) is 4.02. The van der Waals surface area contributed by atoms with E-state index in [-0.39, 0.29) is 11.5 Å². The van der Waals surface area contributed by atoms with E-state index in [9.17, 15) is 5.11 Å². The molecular weight excluding hydrogens is 222 g/mol. The summed E-state index contributed by atoms with van der Waals surface area (Å²) in [5.74, 6) is 0. The fourth-order valence-electron chi connectivity index (χ4n) is 4.02. The zero-order valence-corrected chi connectivity index (χ0v) is 12.7. The molecule has 1 aliphatic carbocycles. The van der Waals surface area contributed by atoms with Gasteiger partial charge in [0.25, 0.3) is 0 Å². The van der Waals surface area contributed by atoms with Gasteiger partial charge in [-0.25, -0.2) is 0 Å². The molecule has 0 aromatic carbocycles. The Morgan fingerprint density at radius 1 is 1.06 bits per heavy atom. The van der Waals surface area contributed by atoms with E-state index in [0.717, 1.165) is 0 Å². The summed E-state index contributed by atoms with van der Waals surface area (Å²) in [4.78, 5) is 2.57. The summed E-state index contributed by atoms with van der Waals surface area (Å²) in [5.41, 5.74) is 0.713. The second-order valence-corrected chi connectivity index (χ2v) is 7.28. The molecule has 2 atom stereocenters. The van der Waals surface area contributed by atoms with E-state index in [1.54, 1.807) is 0 Å². The first-order valence-corrected chi connectivity index (χ1v) is 7.86. The van der Waals surface area contributed by atoms with Crippen molar-refractivity contribution in [1.29, 1.82) is 0 Å². The smallest absolute Gasteiger partial charge is 0.0746 e. The minimum atomic E-state index is -0.131. The second-order valence-electron chi connectivity index (χ2n) is 7.28. The van der Waals surface area contributed by atoms with Gasteiger partial charge in [0.1, 0.15) is 0 Å². The third-order valence-corrected chi connectivity index (χ3v) is 6.08. The highest BCUT2D eigenvalue weighted by Gasteiger charge is 2.45. The van der Waals surface area contributed by atoms with Gasteiger partial charge < -0.3 is 5.11 Å². The van der Waals surface area contributed by atoms with Crippen LogP contribution in [0.25, 0.3) is 0 Å². The Morgan fingerprint density at radius 3 is 2.00 bits per heavy atom. The Balaban J connectivity index is 1.95. The molecule has 2 rings (SSSR count). The normalized spacial score (nSPS) is 35.8. The molecule has 0 radical (unpaired) electrons. The average Bonchev–Trinajstić information content (AvgIpc) is 2.65. The standard InChI is InChI=1S/C16H31NO/c1-5-16(6-2)9-11-17(12-10-16)13-7-8-15(3,4)14(13)18/h13-14,18H,5-12H2,1-4H3. The number of aliphatic hydroxyl groups is 1. The molecule has 0 amide bonds. The van der Waals surface area contributed by atoms with Crippen molar-refractivity contribution in [3.8, 4) is 0 Å². The highest BCUT2D eigenvalue weighted by molar-refractivity contribution is 4.98. The SMILES string of the molecule is CCC1(CC)CCN(C2CCC(C)(C)C2O)CC1. The van der Waals surface area contributed by atoms with E-state index < -0.39 is 0 Å². The van der Waals surface area contributed by atoms with Crippen LogP contribution in [0.2, 0.25) is 0 Å². The molecule has 0 aromatic rings. The lowest BCUT2D eigenvalue weighted by Crippen LogP contribution is -2.49. The zero-order valence-electron chi connectivity index (χ0n) is 12.7. The maximum atomic E-state index is 10.5. The molecule has 2 unspecified atom stereocenters. The van der Waals surface area contributed by atoms with Crippen molar-refractivity contribution >= 4 is 0 Å². The van der Waals surface area contributed by atoms with Crippen molar-refractivity contribution in [1.82, 2.24) is 4.90 Å². The Bertz CT molecular complexity index is 273. The van der Waals surface area contributed by atoms with Crippen molar-refractivity contribution in [3.05, 3.63) is 0 Å². The van der Waals surface area contributed by atoms with Crippen LogP contribution in [0.15, 0.2) is 0 Å². The average molecular weight is 253 g/mol. The molecule has 18 heavy (non-hydrogen) atoms. The van der Waals surface area contributed by atoms with Gasteiger partial charge in [-0.1, -0.05) is 40.5 Å². The van der Waals surface area contributed by atoms with Crippen molar-refractivity contribution in [3.63, 3.8) is 0 Å². The Kier molecular flexibility index (Phi) is 4.08. The Labute approximate surface area is 113 Å². The van der Waals surface area contributed by atoms with Gasteiger partial charge in [0, 0.05) is 6.04 Å². The molecule has 2 aliphatic rings. The largest absolute Gasteiger partial charge is 0.391 e. The van der Waals surface area contributed by atoms with Crippen LogP contribution in [0.4, 0.5) is 0 Å². The molecule has 2 heteroatoms. The molecule has 1 aliphatic heterocycles.